The van der Waals surface area contributed by atoms with Gasteiger partial charge >= 0.3 is 0 Å². The molecule has 4 heterocycles. The third-order valence-corrected chi connectivity index (χ3v) is 7.34. The minimum absolute atomic E-state index is 0.115. The minimum Gasteiger partial charge on any atom is -0.312 e. The summed E-state index contributed by atoms with van der Waals surface area (Å²) in [7, 11) is -3.79. The van der Waals surface area contributed by atoms with Crippen molar-refractivity contribution in [1.82, 2.24) is 14.4 Å². The molecule has 0 aliphatic carbocycles. The van der Waals surface area contributed by atoms with Crippen LogP contribution >= 0.6 is 0 Å². The molecule has 9 heteroatoms. The van der Waals surface area contributed by atoms with E-state index < -0.39 is 10.0 Å². The van der Waals surface area contributed by atoms with E-state index in [1.807, 2.05) is 28.9 Å². The number of anilines is 2. The summed E-state index contributed by atoms with van der Waals surface area (Å²) in [5, 5.41) is 0. The number of carbonyl (C=O) groups is 1. The van der Waals surface area contributed by atoms with Crippen molar-refractivity contribution in [3.8, 4) is 11.3 Å². The highest BCUT2D eigenvalue weighted by Gasteiger charge is 2.33. The molecule has 2 aliphatic heterocycles. The van der Waals surface area contributed by atoms with Crippen molar-refractivity contribution in [2.24, 2.45) is 0 Å². The molecule has 0 bridgehead atoms. The number of aromatic nitrogens is 3. The van der Waals surface area contributed by atoms with E-state index in [1.54, 1.807) is 41.4 Å². The first-order chi connectivity index (χ1) is 15.5. The zero-order valence-electron chi connectivity index (χ0n) is 17.0. The summed E-state index contributed by atoms with van der Waals surface area (Å²) in [6.07, 6.45) is 7.05. The lowest BCUT2D eigenvalue weighted by Gasteiger charge is -2.25. The standard InChI is InChI=1S/C23H19N5O3S/c29-21-6-5-16-12-19(13-17-7-10-28(21)22(16)17)32(30,31)26-18-4-1-3-15(11-18)20-14-27-9-2-8-24-23(27)25-20/h1-4,8-9,11-14,26H,5-7,10H2. The monoisotopic (exact) mass is 445 g/mol. The van der Waals surface area contributed by atoms with Crippen molar-refractivity contribution < 1.29 is 13.2 Å². The van der Waals surface area contributed by atoms with Crippen molar-refractivity contribution in [2.75, 3.05) is 16.2 Å². The molecule has 4 aromatic rings. The molecule has 0 fully saturated rings. The minimum atomic E-state index is -3.79. The number of hydrogen-bond acceptors (Lipinski definition) is 5. The second-order valence-corrected chi connectivity index (χ2v) is 9.71. The number of amides is 1. The molecule has 1 N–H and O–H groups in total. The molecule has 0 unspecified atom stereocenters. The molecular formula is C23H19N5O3S. The van der Waals surface area contributed by atoms with Gasteiger partial charge in [-0.25, -0.2) is 18.4 Å². The first-order valence-electron chi connectivity index (χ1n) is 10.4. The zero-order chi connectivity index (χ0) is 21.9. The SMILES string of the molecule is O=C1CCc2cc(S(=O)(=O)Nc3cccc(-c4cn5cccnc5n4)c3)cc3c2N1CC3. The van der Waals surface area contributed by atoms with E-state index in [0.717, 1.165) is 22.4 Å². The number of rotatable bonds is 4. The zero-order valence-corrected chi connectivity index (χ0v) is 17.8. The second-order valence-electron chi connectivity index (χ2n) is 8.02. The number of benzene rings is 2. The molecule has 160 valence electrons. The fourth-order valence-electron chi connectivity index (χ4n) is 4.51. The van der Waals surface area contributed by atoms with Crippen LogP contribution in [0.4, 0.5) is 11.4 Å². The third-order valence-electron chi connectivity index (χ3n) is 5.98. The Kier molecular flexibility index (Phi) is 4.09. The van der Waals surface area contributed by atoms with Crippen LogP contribution in [0.2, 0.25) is 0 Å². The van der Waals surface area contributed by atoms with Gasteiger partial charge in [-0.3, -0.25) is 13.9 Å². The molecule has 0 saturated carbocycles. The van der Waals surface area contributed by atoms with E-state index in [1.165, 1.54) is 0 Å². The molecule has 0 saturated heterocycles. The lowest BCUT2D eigenvalue weighted by Crippen LogP contribution is -2.33. The van der Waals surface area contributed by atoms with Crippen molar-refractivity contribution in [2.45, 2.75) is 24.2 Å². The first-order valence-corrected chi connectivity index (χ1v) is 11.9. The topological polar surface area (TPSA) is 96.7 Å². The molecule has 0 spiro atoms. The van der Waals surface area contributed by atoms with Gasteiger partial charge in [0.1, 0.15) is 0 Å². The summed E-state index contributed by atoms with van der Waals surface area (Å²) < 4.78 is 30.9. The molecule has 6 rings (SSSR count). The lowest BCUT2D eigenvalue weighted by atomic mass is 10.00. The Morgan fingerprint density at radius 2 is 1.84 bits per heavy atom. The Morgan fingerprint density at radius 1 is 1.00 bits per heavy atom. The van der Waals surface area contributed by atoms with Gasteiger partial charge in [-0.1, -0.05) is 12.1 Å². The number of aryl methyl sites for hydroxylation is 1. The summed E-state index contributed by atoms with van der Waals surface area (Å²) >= 11 is 0. The van der Waals surface area contributed by atoms with Gasteiger partial charge in [0, 0.05) is 42.8 Å². The third kappa shape index (κ3) is 3.04. The average Bonchev–Trinajstić information content (AvgIpc) is 3.41. The van der Waals surface area contributed by atoms with Crippen LogP contribution in [0, 0.1) is 0 Å². The summed E-state index contributed by atoms with van der Waals surface area (Å²) in [6.45, 7) is 0.619. The summed E-state index contributed by atoms with van der Waals surface area (Å²) in [5.41, 5.74) is 4.69. The number of fused-ring (bicyclic) bond motifs is 1. The normalized spacial score (nSPS) is 15.2. The number of nitrogens with one attached hydrogen (secondary N) is 1. The van der Waals surface area contributed by atoms with Crippen LogP contribution in [-0.2, 0) is 27.7 Å². The average molecular weight is 446 g/mol. The van der Waals surface area contributed by atoms with Crippen molar-refractivity contribution >= 4 is 33.1 Å². The number of sulfonamides is 1. The van der Waals surface area contributed by atoms with Crippen LogP contribution in [0.15, 0.2) is 66.0 Å². The van der Waals surface area contributed by atoms with Crippen molar-refractivity contribution in [1.29, 1.82) is 0 Å². The highest BCUT2D eigenvalue weighted by Crippen LogP contribution is 2.38. The van der Waals surface area contributed by atoms with Crippen LogP contribution in [0.1, 0.15) is 17.5 Å². The van der Waals surface area contributed by atoms with Gasteiger partial charge in [0.2, 0.25) is 11.7 Å². The number of imidazole rings is 1. The molecule has 0 radical (unpaired) electrons. The molecule has 8 nitrogen and oxygen atoms in total. The molecule has 32 heavy (non-hydrogen) atoms. The maximum absolute atomic E-state index is 13.2. The number of nitrogens with zero attached hydrogens (tertiary/aromatic N) is 4. The maximum Gasteiger partial charge on any atom is 0.261 e. The van der Waals surface area contributed by atoms with Crippen molar-refractivity contribution in [3.63, 3.8) is 0 Å². The molecule has 2 aromatic carbocycles. The van der Waals surface area contributed by atoms with Crippen LogP contribution in [0.5, 0.6) is 0 Å². The largest absolute Gasteiger partial charge is 0.312 e. The van der Waals surface area contributed by atoms with E-state index in [0.29, 0.717) is 43.0 Å². The number of carbonyl (C=O) groups excluding carboxylic acids is 1. The first kappa shape index (κ1) is 19.0. The van der Waals surface area contributed by atoms with Gasteiger partial charge < -0.3 is 4.90 Å². The van der Waals surface area contributed by atoms with Gasteiger partial charge in [0.15, 0.2) is 0 Å². The molecule has 1 amide bonds. The Morgan fingerprint density at radius 3 is 2.69 bits per heavy atom. The van der Waals surface area contributed by atoms with Gasteiger partial charge in [-0.2, -0.15) is 0 Å². The van der Waals surface area contributed by atoms with E-state index in [2.05, 4.69) is 14.7 Å². The Hall–Kier alpha value is -3.72. The van der Waals surface area contributed by atoms with E-state index >= 15 is 0 Å². The second kappa shape index (κ2) is 6.89. The van der Waals surface area contributed by atoms with Crippen LogP contribution in [0.25, 0.3) is 17.0 Å². The molecule has 2 aliphatic rings. The van der Waals surface area contributed by atoms with E-state index in [-0.39, 0.29) is 10.8 Å². The summed E-state index contributed by atoms with van der Waals surface area (Å²) in [4.78, 5) is 22.9. The van der Waals surface area contributed by atoms with Crippen LogP contribution < -0.4 is 9.62 Å². The summed E-state index contributed by atoms with van der Waals surface area (Å²) in [6, 6.07) is 12.4. The predicted octanol–water partition coefficient (Wildman–Crippen LogP) is 3.03. The number of hydrogen-bond donors (Lipinski definition) is 1. The Balaban J connectivity index is 1.33. The van der Waals surface area contributed by atoms with Gasteiger partial charge in [-0.15, -0.1) is 0 Å². The van der Waals surface area contributed by atoms with Crippen LogP contribution in [0.3, 0.4) is 0 Å². The highest BCUT2D eigenvalue weighted by molar-refractivity contribution is 7.92. The smallest absolute Gasteiger partial charge is 0.261 e. The molecular weight excluding hydrogens is 426 g/mol. The maximum atomic E-state index is 13.2. The van der Waals surface area contributed by atoms with Gasteiger partial charge in [-0.05, 0) is 54.3 Å². The lowest BCUT2D eigenvalue weighted by molar-refractivity contribution is -0.118. The fraction of sp³-hybridized carbons (Fsp3) is 0.174. The quantitative estimate of drug-likeness (QED) is 0.521. The van der Waals surface area contributed by atoms with Crippen LogP contribution in [-0.4, -0.2) is 35.2 Å². The fourth-order valence-corrected chi connectivity index (χ4v) is 5.66. The van der Waals surface area contributed by atoms with Gasteiger partial charge in [0.05, 0.1) is 16.3 Å². The van der Waals surface area contributed by atoms with Crippen molar-refractivity contribution in [3.05, 3.63) is 72.2 Å². The Bertz CT molecular complexity index is 1480. The Labute approximate surface area is 184 Å². The van der Waals surface area contributed by atoms with Gasteiger partial charge in [0.25, 0.3) is 10.0 Å². The van der Waals surface area contributed by atoms with E-state index in [9.17, 15) is 13.2 Å². The molecule has 2 aromatic heterocycles. The molecule has 0 atom stereocenters. The summed E-state index contributed by atoms with van der Waals surface area (Å²) in [5.74, 6) is 0.692. The highest BCUT2D eigenvalue weighted by atomic mass is 32.2. The predicted molar refractivity (Wildman–Crippen MR) is 120 cm³/mol. The van der Waals surface area contributed by atoms with E-state index in [4.69, 9.17) is 0 Å².